The second-order valence-corrected chi connectivity index (χ2v) is 4.77. The minimum absolute atomic E-state index is 0.105. The van der Waals surface area contributed by atoms with Gasteiger partial charge in [0, 0.05) is 12.1 Å². The van der Waals surface area contributed by atoms with Crippen LogP contribution < -0.4 is 5.32 Å². The summed E-state index contributed by atoms with van der Waals surface area (Å²) in [5, 5.41) is 12.1. The van der Waals surface area contributed by atoms with Gasteiger partial charge in [-0.3, -0.25) is 0 Å². The van der Waals surface area contributed by atoms with Gasteiger partial charge in [-0.1, -0.05) is 0 Å². The molecule has 0 unspecified atom stereocenters. The van der Waals surface area contributed by atoms with Crippen molar-refractivity contribution in [2.45, 2.75) is 32.2 Å². The molecule has 0 bridgehead atoms. The van der Waals surface area contributed by atoms with E-state index < -0.39 is 5.82 Å². The van der Waals surface area contributed by atoms with Crippen molar-refractivity contribution in [1.82, 2.24) is 5.32 Å². The Morgan fingerprint density at radius 3 is 2.65 bits per heavy atom. The van der Waals surface area contributed by atoms with E-state index in [1.54, 1.807) is 0 Å². The monoisotopic (exact) mass is 243 g/mol. The van der Waals surface area contributed by atoms with Gasteiger partial charge in [-0.05, 0) is 57.0 Å². The molecule has 0 aliphatic heterocycles. The van der Waals surface area contributed by atoms with Crippen molar-refractivity contribution in [1.29, 1.82) is 0 Å². The van der Waals surface area contributed by atoms with Crippen molar-refractivity contribution in [2.24, 2.45) is 0 Å². The van der Waals surface area contributed by atoms with E-state index in [1.165, 1.54) is 6.07 Å². The molecule has 0 atom stereocenters. The summed E-state index contributed by atoms with van der Waals surface area (Å²) in [7, 11) is 0. The zero-order chi connectivity index (χ0) is 12.9. The molecule has 0 heterocycles. The van der Waals surface area contributed by atoms with Crippen LogP contribution in [0.5, 0.6) is 0 Å². The minimum Gasteiger partial charge on any atom is -0.396 e. The van der Waals surface area contributed by atoms with Crippen LogP contribution in [0.15, 0.2) is 18.2 Å². The molecule has 0 amide bonds. The molecule has 96 valence electrons. The Kier molecular flexibility index (Phi) is 5.02. The van der Waals surface area contributed by atoms with E-state index in [2.05, 4.69) is 5.32 Å². The summed E-state index contributed by atoms with van der Waals surface area (Å²) in [5.74, 6) is -0.802. The Bertz CT molecular complexity index is 366. The van der Waals surface area contributed by atoms with Gasteiger partial charge < -0.3 is 10.4 Å². The lowest BCUT2D eigenvalue weighted by molar-refractivity contribution is 0.231. The van der Waals surface area contributed by atoms with Gasteiger partial charge in [0.1, 0.15) is 11.6 Å². The third kappa shape index (κ3) is 4.79. The summed E-state index contributed by atoms with van der Waals surface area (Å²) in [5.41, 5.74) is 0.177. The molecular weight excluding hydrogens is 224 g/mol. The smallest absolute Gasteiger partial charge is 0.126 e. The number of hydrogen-bond acceptors (Lipinski definition) is 2. The molecule has 1 aromatic carbocycles. The molecule has 0 fully saturated rings. The molecule has 0 radical (unpaired) electrons. The first kappa shape index (κ1) is 14.1. The number of halogens is 2. The van der Waals surface area contributed by atoms with E-state index in [0.29, 0.717) is 24.9 Å². The Hall–Kier alpha value is -1.00. The molecule has 0 aliphatic carbocycles. The van der Waals surface area contributed by atoms with Gasteiger partial charge in [0.2, 0.25) is 0 Å². The highest BCUT2D eigenvalue weighted by Crippen LogP contribution is 2.11. The van der Waals surface area contributed by atoms with Crippen LogP contribution in [0, 0.1) is 11.6 Å². The predicted molar refractivity (Wildman–Crippen MR) is 63.8 cm³/mol. The van der Waals surface area contributed by atoms with Crippen LogP contribution in [0.3, 0.4) is 0 Å². The molecule has 2 N–H and O–H groups in total. The highest BCUT2D eigenvalue weighted by atomic mass is 19.1. The van der Waals surface area contributed by atoms with E-state index in [-0.39, 0.29) is 18.0 Å². The van der Waals surface area contributed by atoms with Crippen LogP contribution in [0.4, 0.5) is 8.78 Å². The molecule has 0 saturated carbocycles. The summed E-state index contributed by atoms with van der Waals surface area (Å²) in [6.45, 7) is 4.58. The van der Waals surface area contributed by atoms with Crippen LogP contribution in [0.2, 0.25) is 0 Å². The summed E-state index contributed by atoms with van der Waals surface area (Å²) >= 11 is 0. The maximum atomic E-state index is 13.3. The SMILES string of the molecule is CC(C)(CCO)NCCc1cc(F)ccc1F. The highest BCUT2D eigenvalue weighted by molar-refractivity contribution is 5.19. The van der Waals surface area contributed by atoms with E-state index in [4.69, 9.17) is 5.11 Å². The van der Waals surface area contributed by atoms with Crippen molar-refractivity contribution in [3.8, 4) is 0 Å². The molecule has 0 spiro atoms. The van der Waals surface area contributed by atoms with Crippen LogP contribution in [0.25, 0.3) is 0 Å². The molecule has 17 heavy (non-hydrogen) atoms. The Morgan fingerprint density at radius 1 is 1.29 bits per heavy atom. The molecule has 0 aromatic heterocycles. The predicted octanol–water partition coefficient (Wildman–Crippen LogP) is 2.26. The van der Waals surface area contributed by atoms with Gasteiger partial charge in [-0.15, -0.1) is 0 Å². The fourth-order valence-corrected chi connectivity index (χ4v) is 1.64. The van der Waals surface area contributed by atoms with Crippen LogP contribution >= 0.6 is 0 Å². The fourth-order valence-electron chi connectivity index (χ4n) is 1.64. The number of hydrogen-bond donors (Lipinski definition) is 2. The second kappa shape index (κ2) is 6.07. The van der Waals surface area contributed by atoms with Gasteiger partial charge in [-0.25, -0.2) is 8.78 Å². The summed E-state index contributed by atoms with van der Waals surface area (Å²) in [6.07, 6.45) is 1.05. The molecule has 1 rings (SSSR count). The molecule has 0 aliphatic rings. The van der Waals surface area contributed by atoms with Crippen LogP contribution in [0.1, 0.15) is 25.8 Å². The maximum absolute atomic E-state index is 13.3. The van der Waals surface area contributed by atoms with E-state index in [0.717, 1.165) is 12.1 Å². The molecule has 0 saturated heterocycles. The van der Waals surface area contributed by atoms with Crippen LogP contribution in [-0.4, -0.2) is 23.8 Å². The first-order valence-corrected chi connectivity index (χ1v) is 5.74. The number of benzene rings is 1. The highest BCUT2D eigenvalue weighted by Gasteiger charge is 2.15. The zero-order valence-electron chi connectivity index (χ0n) is 10.3. The molecule has 2 nitrogen and oxygen atoms in total. The average molecular weight is 243 g/mol. The Morgan fingerprint density at radius 2 is 2.00 bits per heavy atom. The van der Waals surface area contributed by atoms with Gasteiger partial charge in [0.15, 0.2) is 0 Å². The average Bonchev–Trinajstić information content (AvgIpc) is 2.23. The van der Waals surface area contributed by atoms with Crippen molar-refractivity contribution in [2.75, 3.05) is 13.2 Å². The lowest BCUT2D eigenvalue weighted by atomic mass is 10.0. The second-order valence-electron chi connectivity index (χ2n) is 4.77. The fraction of sp³-hybridized carbons (Fsp3) is 0.538. The number of nitrogens with one attached hydrogen (secondary N) is 1. The third-order valence-electron chi connectivity index (χ3n) is 2.74. The van der Waals surface area contributed by atoms with E-state index in [1.807, 2.05) is 13.8 Å². The van der Waals surface area contributed by atoms with Gasteiger partial charge in [0.25, 0.3) is 0 Å². The van der Waals surface area contributed by atoms with Gasteiger partial charge >= 0.3 is 0 Å². The summed E-state index contributed by atoms with van der Waals surface area (Å²) in [6, 6.07) is 3.47. The molecule has 1 aromatic rings. The largest absolute Gasteiger partial charge is 0.396 e. The van der Waals surface area contributed by atoms with Gasteiger partial charge in [0.05, 0.1) is 0 Å². The van der Waals surface area contributed by atoms with Crippen LogP contribution in [-0.2, 0) is 6.42 Å². The third-order valence-corrected chi connectivity index (χ3v) is 2.74. The maximum Gasteiger partial charge on any atom is 0.126 e. The first-order chi connectivity index (χ1) is 7.94. The Balaban J connectivity index is 2.48. The van der Waals surface area contributed by atoms with Crippen molar-refractivity contribution in [3.63, 3.8) is 0 Å². The number of aliphatic hydroxyl groups excluding tert-OH is 1. The number of rotatable bonds is 6. The lowest BCUT2D eigenvalue weighted by Gasteiger charge is -2.25. The molecule has 4 heteroatoms. The van der Waals surface area contributed by atoms with Crippen molar-refractivity contribution < 1.29 is 13.9 Å². The molecular formula is C13H19F2NO. The van der Waals surface area contributed by atoms with Crippen molar-refractivity contribution in [3.05, 3.63) is 35.4 Å². The minimum atomic E-state index is -0.420. The normalized spacial score (nSPS) is 11.8. The quantitative estimate of drug-likeness (QED) is 0.803. The zero-order valence-corrected chi connectivity index (χ0v) is 10.3. The summed E-state index contributed by atoms with van der Waals surface area (Å²) in [4.78, 5) is 0. The first-order valence-electron chi connectivity index (χ1n) is 5.74. The van der Waals surface area contributed by atoms with Gasteiger partial charge in [-0.2, -0.15) is 0 Å². The van der Waals surface area contributed by atoms with E-state index >= 15 is 0 Å². The topological polar surface area (TPSA) is 32.3 Å². The Labute approximate surface area is 101 Å². The summed E-state index contributed by atoms with van der Waals surface area (Å²) < 4.78 is 26.2. The van der Waals surface area contributed by atoms with E-state index in [9.17, 15) is 8.78 Å². The number of aliphatic hydroxyl groups is 1. The standard InChI is InChI=1S/C13H19F2NO/c1-13(2,6-8-17)16-7-5-10-9-11(14)3-4-12(10)15/h3-4,9,16-17H,5-8H2,1-2H3. The van der Waals surface area contributed by atoms with Crippen molar-refractivity contribution >= 4 is 0 Å². The lowest BCUT2D eigenvalue weighted by Crippen LogP contribution is -2.41.